The molecule has 5 rings (SSSR count). The number of nitrogens with two attached hydrogens (primary N) is 1. The molecule has 37 heavy (non-hydrogen) atoms. The second-order valence-corrected chi connectivity index (χ2v) is 8.31. The number of nitrogen functional groups attached to an aromatic ring is 1. The zero-order valence-corrected chi connectivity index (χ0v) is 20.1. The van der Waals surface area contributed by atoms with Gasteiger partial charge in [0.25, 0.3) is 0 Å². The summed E-state index contributed by atoms with van der Waals surface area (Å²) in [6.07, 6.45) is 1.61. The molecule has 0 saturated carbocycles. The van der Waals surface area contributed by atoms with Gasteiger partial charge in [-0.1, -0.05) is 12.1 Å². The summed E-state index contributed by atoms with van der Waals surface area (Å²) in [6, 6.07) is 11.8. The van der Waals surface area contributed by atoms with Crippen LogP contribution in [0.2, 0.25) is 0 Å². The van der Waals surface area contributed by atoms with Gasteiger partial charge in [-0.25, -0.2) is 9.37 Å². The number of pyridine rings is 1. The number of anilines is 1. The Kier molecular flexibility index (Phi) is 7.19. The van der Waals surface area contributed by atoms with Gasteiger partial charge in [0.15, 0.2) is 17.4 Å². The Labute approximate surface area is 211 Å². The van der Waals surface area contributed by atoms with Crippen molar-refractivity contribution < 1.29 is 23.0 Å². The molecule has 0 bridgehead atoms. The van der Waals surface area contributed by atoms with Crippen LogP contribution in [0.25, 0.3) is 28.2 Å². The Morgan fingerprint density at radius 1 is 1.03 bits per heavy atom. The lowest BCUT2D eigenvalue weighted by Gasteiger charge is -2.26. The van der Waals surface area contributed by atoms with Gasteiger partial charge in [0.2, 0.25) is 5.82 Å². The van der Waals surface area contributed by atoms with Crippen LogP contribution >= 0.6 is 0 Å². The van der Waals surface area contributed by atoms with Gasteiger partial charge >= 0.3 is 0 Å². The summed E-state index contributed by atoms with van der Waals surface area (Å²) in [5.41, 5.74) is 7.88. The van der Waals surface area contributed by atoms with Gasteiger partial charge in [0, 0.05) is 31.4 Å². The van der Waals surface area contributed by atoms with Gasteiger partial charge in [-0.3, -0.25) is 4.90 Å². The summed E-state index contributed by atoms with van der Waals surface area (Å²) in [7, 11) is 1.59. The Hall–Kier alpha value is -4.16. The van der Waals surface area contributed by atoms with Gasteiger partial charge < -0.3 is 19.9 Å². The van der Waals surface area contributed by atoms with E-state index in [1.807, 2.05) is 24.3 Å². The number of aromatic nitrogens is 5. The molecule has 1 fully saturated rings. The van der Waals surface area contributed by atoms with Crippen LogP contribution in [0.3, 0.4) is 0 Å². The SMILES string of the molecule is COc1ccc(-c2cnc(N)c(-c3nnnn3-c3ccc(OCCN4CCOCC4)c(F)c3F)c2)cc1. The summed E-state index contributed by atoms with van der Waals surface area (Å²) in [5, 5.41) is 11.5. The number of tetrazole rings is 1. The molecule has 3 heterocycles. The standard InChI is InChI=1S/C25H25F2N7O3/c1-35-18-4-2-16(3-5-18)17-14-19(24(28)29-15-17)25-30-31-32-34(25)20-6-7-21(23(27)22(20)26)37-13-10-33-8-11-36-12-9-33/h2-7,14-15H,8-13H2,1H3,(H2,28,29). The van der Waals surface area contributed by atoms with Crippen LogP contribution in [0.15, 0.2) is 48.7 Å². The quantitative estimate of drug-likeness (QED) is 0.383. The molecule has 0 atom stereocenters. The lowest BCUT2D eigenvalue weighted by atomic mass is 10.0. The van der Waals surface area contributed by atoms with Crippen molar-refractivity contribution in [3.8, 4) is 39.7 Å². The molecule has 2 aromatic heterocycles. The first kappa shape index (κ1) is 24.5. The van der Waals surface area contributed by atoms with E-state index in [1.165, 1.54) is 12.1 Å². The molecule has 0 radical (unpaired) electrons. The van der Waals surface area contributed by atoms with Gasteiger partial charge in [-0.05, 0) is 46.3 Å². The molecule has 0 amide bonds. The highest BCUT2D eigenvalue weighted by molar-refractivity contribution is 5.76. The number of nitrogens with zero attached hydrogens (tertiary/aromatic N) is 6. The number of methoxy groups -OCH3 is 1. The van der Waals surface area contributed by atoms with Crippen LogP contribution in [-0.2, 0) is 4.74 Å². The molecule has 1 aliphatic rings. The highest BCUT2D eigenvalue weighted by Gasteiger charge is 2.22. The number of rotatable bonds is 8. The summed E-state index contributed by atoms with van der Waals surface area (Å²) in [5.74, 6) is -1.50. The fraction of sp³-hybridized carbons (Fsp3) is 0.280. The largest absolute Gasteiger partial charge is 0.497 e. The van der Waals surface area contributed by atoms with Crippen molar-refractivity contribution in [1.29, 1.82) is 0 Å². The van der Waals surface area contributed by atoms with Gasteiger partial charge in [-0.2, -0.15) is 9.07 Å². The van der Waals surface area contributed by atoms with Gasteiger partial charge in [0.1, 0.15) is 23.9 Å². The van der Waals surface area contributed by atoms with Crippen molar-refractivity contribution in [2.75, 3.05) is 52.3 Å². The van der Waals surface area contributed by atoms with E-state index in [2.05, 4.69) is 25.4 Å². The van der Waals surface area contributed by atoms with Crippen molar-refractivity contribution in [2.24, 2.45) is 0 Å². The minimum atomic E-state index is -1.14. The molecule has 2 aromatic carbocycles. The Balaban J connectivity index is 1.40. The number of hydrogen-bond acceptors (Lipinski definition) is 9. The lowest BCUT2D eigenvalue weighted by Crippen LogP contribution is -2.38. The fourth-order valence-corrected chi connectivity index (χ4v) is 4.02. The minimum Gasteiger partial charge on any atom is -0.497 e. The van der Waals surface area contributed by atoms with Crippen LogP contribution in [0, 0.1) is 11.6 Å². The summed E-state index contributed by atoms with van der Waals surface area (Å²) in [6.45, 7) is 3.65. The zero-order valence-electron chi connectivity index (χ0n) is 20.1. The zero-order chi connectivity index (χ0) is 25.8. The molecule has 0 unspecified atom stereocenters. The van der Waals surface area contributed by atoms with Crippen LogP contribution in [0.5, 0.6) is 11.5 Å². The molecule has 4 aromatic rings. The number of ether oxygens (including phenoxy) is 3. The lowest BCUT2D eigenvalue weighted by molar-refractivity contribution is 0.0320. The Morgan fingerprint density at radius 3 is 2.57 bits per heavy atom. The maximum atomic E-state index is 15.2. The number of halogens is 2. The fourth-order valence-electron chi connectivity index (χ4n) is 4.02. The Bertz CT molecular complexity index is 1380. The van der Waals surface area contributed by atoms with E-state index in [9.17, 15) is 4.39 Å². The minimum absolute atomic E-state index is 0.111. The molecule has 0 aliphatic carbocycles. The normalized spacial score (nSPS) is 14.0. The first-order valence-corrected chi connectivity index (χ1v) is 11.6. The average Bonchev–Trinajstić information content (AvgIpc) is 3.41. The van der Waals surface area contributed by atoms with E-state index in [0.29, 0.717) is 31.1 Å². The molecule has 10 nitrogen and oxygen atoms in total. The van der Waals surface area contributed by atoms with Crippen molar-refractivity contribution in [3.05, 3.63) is 60.3 Å². The van der Waals surface area contributed by atoms with Crippen molar-refractivity contribution in [2.45, 2.75) is 0 Å². The molecule has 192 valence electrons. The van der Waals surface area contributed by atoms with E-state index in [-0.39, 0.29) is 29.7 Å². The van der Waals surface area contributed by atoms with E-state index in [4.69, 9.17) is 19.9 Å². The van der Waals surface area contributed by atoms with Crippen molar-refractivity contribution in [3.63, 3.8) is 0 Å². The number of morpholine rings is 1. The smallest absolute Gasteiger partial charge is 0.202 e. The highest BCUT2D eigenvalue weighted by atomic mass is 19.2. The van der Waals surface area contributed by atoms with Crippen LogP contribution in [0.4, 0.5) is 14.6 Å². The van der Waals surface area contributed by atoms with E-state index < -0.39 is 11.6 Å². The predicted molar refractivity (Wildman–Crippen MR) is 131 cm³/mol. The van der Waals surface area contributed by atoms with Crippen molar-refractivity contribution >= 4 is 5.82 Å². The van der Waals surface area contributed by atoms with Crippen molar-refractivity contribution in [1.82, 2.24) is 30.1 Å². The summed E-state index contributed by atoms with van der Waals surface area (Å²) >= 11 is 0. The highest BCUT2D eigenvalue weighted by Crippen LogP contribution is 2.32. The molecular weight excluding hydrogens is 484 g/mol. The third-order valence-corrected chi connectivity index (χ3v) is 6.08. The second-order valence-electron chi connectivity index (χ2n) is 8.31. The van der Waals surface area contributed by atoms with Crippen LogP contribution in [0.1, 0.15) is 0 Å². The van der Waals surface area contributed by atoms with E-state index >= 15 is 4.39 Å². The molecule has 0 spiro atoms. The first-order chi connectivity index (χ1) is 18.0. The Morgan fingerprint density at radius 2 is 1.81 bits per heavy atom. The molecular formula is C25H25F2N7O3. The molecule has 1 aliphatic heterocycles. The molecule has 1 saturated heterocycles. The summed E-state index contributed by atoms with van der Waals surface area (Å²) in [4.78, 5) is 6.39. The third kappa shape index (κ3) is 5.20. The maximum absolute atomic E-state index is 15.2. The van der Waals surface area contributed by atoms with Crippen LogP contribution in [-0.4, -0.2) is 76.7 Å². The van der Waals surface area contributed by atoms with Gasteiger partial charge in [0.05, 0.1) is 25.9 Å². The third-order valence-electron chi connectivity index (χ3n) is 6.08. The second kappa shape index (κ2) is 10.8. The number of benzene rings is 2. The maximum Gasteiger partial charge on any atom is 0.202 e. The van der Waals surface area contributed by atoms with Gasteiger partial charge in [-0.15, -0.1) is 5.10 Å². The predicted octanol–water partition coefficient (Wildman–Crippen LogP) is 2.97. The molecule has 12 heteroatoms. The van der Waals surface area contributed by atoms with E-state index in [0.717, 1.165) is 28.9 Å². The topological polar surface area (TPSA) is 113 Å². The molecule has 2 N–H and O–H groups in total. The van der Waals surface area contributed by atoms with Crippen LogP contribution < -0.4 is 15.2 Å². The van der Waals surface area contributed by atoms with E-state index in [1.54, 1.807) is 19.4 Å². The average molecular weight is 510 g/mol. The number of hydrogen-bond donors (Lipinski definition) is 1. The first-order valence-electron chi connectivity index (χ1n) is 11.6. The monoisotopic (exact) mass is 509 g/mol. The summed E-state index contributed by atoms with van der Waals surface area (Å²) < 4.78 is 47.2.